The second kappa shape index (κ2) is 6.65. The van der Waals surface area contributed by atoms with Gasteiger partial charge in [-0.05, 0) is 19.2 Å². The molecule has 0 aromatic heterocycles. The van der Waals surface area contributed by atoms with Gasteiger partial charge in [0.25, 0.3) is 0 Å². The van der Waals surface area contributed by atoms with Gasteiger partial charge in [0.1, 0.15) is 0 Å². The summed E-state index contributed by atoms with van der Waals surface area (Å²) in [5.74, 6) is 5.26. The van der Waals surface area contributed by atoms with Gasteiger partial charge in [-0.25, -0.2) is 0 Å². The monoisotopic (exact) mass is 217 g/mol. The van der Waals surface area contributed by atoms with Gasteiger partial charge < -0.3 is 5.11 Å². The number of carboxylic acids is 1. The van der Waals surface area contributed by atoms with Gasteiger partial charge in [0.15, 0.2) is 0 Å². The predicted molar refractivity (Wildman–Crippen MR) is 63.1 cm³/mol. The number of hydrogen-bond acceptors (Lipinski definition) is 2. The van der Waals surface area contributed by atoms with E-state index in [2.05, 4.69) is 11.8 Å². The van der Waals surface area contributed by atoms with Crippen molar-refractivity contribution in [3.05, 3.63) is 35.9 Å². The summed E-state index contributed by atoms with van der Waals surface area (Å²) in [7, 11) is 1.86. The first-order chi connectivity index (χ1) is 7.68. The second-order valence-corrected chi connectivity index (χ2v) is 3.55. The van der Waals surface area contributed by atoms with Gasteiger partial charge in [0.05, 0.1) is 13.0 Å². The Kier molecular flexibility index (Phi) is 5.10. The maximum atomic E-state index is 10.3. The van der Waals surface area contributed by atoms with Crippen molar-refractivity contribution in [1.29, 1.82) is 0 Å². The van der Waals surface area contributed by atoms with Gasteiger partial charge >= 0.3 is 5.97 Å². The Bertz CT molecular complexity index is 389. The van der Waals surface area contributed by atoms with Crippen molar-refractivity contribution in [2.24, 2.45) is 0 Å². The largest absolute Gasteiger partial charge is 0.481 e. The third-order valence-corrected chi connectivity index (χ3v) is 2.06. The molecule has 0 radical (unpaired) electrons. The van der Waals surface area contributed by atoms with Crippen molar-refractivity contribution >= 4 is 5.97 Å². The summed E-state index contributed by atoms with van der Waals surface area (Å²) in [6.07, 6.45) is 0.156. The Morgan fingerprint density at radius 3 is 2.69 bits per heavy atom. The average molecular weight is 217 g/mol. The molecule has 0 aliphatic rings. The highest BCUT2D eigenvalue weighted by atomic mass is 16.4. The highest BCUT2D eigenvalue weighted by Crippen LogP contribution is 1.94. The Balaban J connectivity index is 2.34. The number of nitrogens with zero attached hydrogens (tertiary/aromatic N) is 1. The zero-order valence-electron chi connectivity index (χ0n) is 9.31. The minimum absolute atomic E-state index is 0.156. The van der Waals surface area contributed by atoms with Crippen LogP contribution in [0.5, 0.6) is 0 Å². The van der Waals surface area contributed by atoms with Crippen molar-refractivity contribution < 1.29 is 9.90 Å². The molecule has 3 nitrogen and oxygen atoms in total. The second-order valence-electron chi connectivity index (χ2n) is 3.55. The molecule has 1 N–H and O–H groups in total. The average Bonchev–Trinajstić information content (AvgIpc) is 2.28. The summed E-state index contributed by atoms with van der Waals surface area (Å²) in [6, 6.07) is 9.73. The lowest BCUT2D eigenvalue weighted by molar-refractivity contribution is -0.137. The number of carbonyl (C=O) groups is 1. The van der Waals surface area contributed by atoms with Crippen LogP contribution in [-0.2, 0) is 4.79 Å². The lowest BCUT2D eigenvalue weighted by Gasteiger charge is -2.10. The molecule has 0 saturated heterocycles. The first kappa shape index (κ1) is 12.3. The highest BCUT2D eigenvalue weighted by molar-refractivity contribution is 5.66. The van der Waals surface area contributed by atoms with E-state index in [1.807, 2.05) is 42.3 Å². The van der Waals surface area contributed by atoms with Crippen LogP contribution in [-0.4, -0.2) is 36.1 Å². The predicted octanol–water partition coefficient (Wildman–Crippen LogP) is 1.44. The molecule has 0 aliphatic heterocycles. The van der Waals surface area contributed by atoms with Crippen LogP contribution in [0.15, 0.2) is 30.3 Å². The number of hydrogen-bond donors (Lipinski definition) is 1. The quantitative estimate of drug-likeness (QED) is 0.776. The third kappa shape index (κ3) is 5.18. The van der Waals surface area contributed by atoms with Crippen LogP contribution in [0.1, 0.15) is 12.0 Å². The van der Waals surface area contributed by atoms with Gasteiger partial charge in [0, 0.05) is 12.1 Å². The van der Waals surface area contributed by atoms with E-state index in [0.29, 0.717) is 13.1 Å². The van der Waals surface area contributed by atoms with E-state index in [1.165, 1.54) is 0 Å². The fourth-order valence-electron chi connectivity index (χ4n) is 1.16. The topological polar surface area (TPSA) is 40.5 Å². The fraction of sp³-hybridized carbons (Fsp3) is 0.308. The zero-order chi connectivity index (χ0) is 11.8. The van der Waals surface area contributed by atoms with E-state index in [1.54, 1.807) is 0 Å². The molecule has 0 heterocycles. The molecule has 0 fully saturated rings. The summed E-state index contributed by atoms with van der Waals surface area (Å²) in [5, 5.41) is 8.50. The smallest absolute Gasteiger partial charge is 0.304 e. The molecule has 0 bridgehead atoms. The van der Waals surface area contributed by atoms with Crippen molar-refractivity contribution in [2.75, 3.05) is 20.1 Å². The first-order valence-corrected chi connectivity index (χ1v) is 5.13. The standard InChI is InChI=1S/C13H15NO2/c1-14(11-9-13(15)16)10-5-8-12-6-3-2-4-7-12/h2-4,6-7H,9-11H2,1H3,(H,15,16). The zero-order valence-corrected chi connectivity index (χ0v) is 9.31. The summed E-state index contributed by atoms with van der Waals surface area (Å²) < 4.78 is 0. The van der Waals surface area contributed by atoms with Gasteiger partial charge in [-0.3, -0.25) is 9.69 Å². The molecule has 0 atom stereocenters. The van der Waals surface area contributed by atoms with Gasteiger partial charge in [-0.2, -0.15) is 0 Å². The van der Waals surface area contributed by atoms with Crippen LogP contribution in [0, 0.1) is 11.8 Å². The third-order valence-electron chi connectivity index (χ3n) is 2.06. The van der Waals surface area contributed by atoms with E-state index in [0.717, 1.165) is 5.56 Å². The van der Waals surface area contributed by atoms with Gasteiger partial charge in [0.2, 0.25) is 0 Å². The van der Waals surface area contributed by atoms with Crippen molar-refractivity contribution in [1.82, 2.24) is 4.90 Å². The number of carboxylic acid groups (broad SMARTS) is 1. The van der Waals surface area contributed by atoms with Crippen molar-refractivity contribution in [3.63, 3.8) is 0 Å². The molecule has 1 rings (SSSR count). The SMILES string of the molecule is CN(CC#Cc1ccccc1)CCC(=O)O. The van der Waals surface area contributed by atoms with E-state index < -0.39 is 5.97 Å². The number of benzene rings is 1. The number of rotatable bonds is 4. The molecule has 1 aromatic rings. The van der Waals surface area contributed by atoms with Crippen LogP contribution < -0.4 is 0 Å². The maximum Gasteiger partial charge on any atom is 0.304 e. The molecule has 3 heteroatoms. The van der Waals surface area contributed by atoms with Crippen LogP contribution in [0.3, 0.4) is 0 Å². The molecule has 0 spiro atoms. The fourth-order valence-corrected chi connectivity index (χ4v) is 1.16. The van der Waals surface area contributed by atoms with Crippen LogP contribution in [0.25, 0.3) is 0 Å². The van der Waals surface area contributed by atoms with Crippen LogP contribution in [0.2, 0.25) is 0 Å². The molecule has 0 saturated carbocycles. The highest BCUT2D eigenvalue weighted by Gasteiger charge is 1.99. The maximum absolute atomic E-state index is 10.3. The summed E-state index contributed by atoms with van der Waals surface area (Å²) >= 11 is 0. The molecule has 0 aliphatic carbocycles. The van der Waals surface area contributed by atoms with E-state index >= 15 is 0 Å². The molecule has 84 valence electrons. The molecule has 0 unspecified atom stereocenters. The van der Waals surface area contributed by atoms with Gasteiger partial charge in [-0.1, -0.05) is 30.0 Å². The minimum atomic E-state index is -0.775. The lowest BCUT2D eigenvalue weighted by atomic mass is 10.2. The lowest BCUT2D eigenvalue weighted by Crippen LogP contribution is -2.21. The summed E-state index contributed by atoms with van der Waals surface area (Å²) in [6.45, 7) is 1.11. The van der Waals surface area contributed by atoms with Crippen LogP contribution >= 0.6 is 0 Å². The minimum Gasteiger partial charge on any atom is -0.481 e. The summed E-state index contributed by atoms with van der Waals surface area (Å²) in [5.41, 5.74) is 0.981. The Labute approximate surface area is 95.7 Å². The number of aliphatic carboxylic acids is 1. The van der Waals surface area contributed by atoms with E-state index in [9.17, 15) is 4.79 Å². The van der Waals surface area contributed by atoms with E-state index in [4.69, 9.17) is 5.11 Å². The Hall–Kier alpha value is -1.79. The van der Waals surface area contributed by atoms with Gasteiger partial charge in [-0.15, -0.1) is 0 Å². The molecule has 16 heavy (non-hydrogen) atoms. The molecule has 1 aromatic carbocycles. The van der Waals surface area contributed by atoms with Crippen molar-refractivity contribution in [3.8, 4) is 11.8 Å². The summed E-state index contributed by atoms with van der Waals surface area (Å²) in [4.78, 5) is 12.2. The molecule has 0 amide bonds. The van der Waals surface area contributed by atoms with E-state index in [-0.39, 0.29) is 6.42 Å². The van der Waals surface area contributed by atoms with Crippen LogP contribution in [0.4, 0.5) is 0 Å². The molecular weight excluding hydrogens is 202 g/mol. The Morgan fingerprint density at radius 1 is 1.38 bits per heavy atom. The normalized spacial score (nSPS) is 9.62. The molecular formula is C13H15NO2. The Morgan fingerprint density at radius 2 is 2.06 bits per heavy atom. The van der Waals surface area contributed by atoms with Crippen molar-refractivity contribution in [2.45, 2.75) is 6.42 Å². The first-order valence-electron chi connectivity index (χ1n) is 5.13.